The predicted octanol–water partition coefficient (Wildman–Crippen LogP) is 1.30. The van der Waals surface area contributed by atoms with Crippen molar-refractivity contribution >= 4 is 11.1 Å². The molecule has 80 valence electrons. The largest absolute Gasteiger partial charge is 0.441 e. The van der Waals surface area contributed by atoms with E-state index in [9.17, 15) is 5.11 Å². The Morgan fingerprint density at radius 1 is 1.53 bits per heavy atom. The number of hydrogen-bond acceptors (Lipinski definition) is 4. The van der Waals surface area contributed by atoms with E-state index >= 15 is 0 Å². The van der Waals surface area contributed by atoms with Crippen LogP contribution in [0.1, 0.15) is 18.4 Å². The van der Waals surface area contributed by atoms with Gasteiger partial charge in [-0.2, -0.15) is 0 Å². The van der Waals surface area contributed by atoms with Gasteiger partial charge >= 0.3 is 0 Å². The lowest BCUT2D eigenvalue weighted by molar-refractivity contribution is 0.0669. The van der Waals surface area contributed by atoms with Crippen LogP contribution in [-0.2, 0) is 5.60 Å². The molecule has 1 heterocycles. The summed E-state index contributed by atoms with van der Waals surface area (Å²) in [4.78, 5) is 4.20. The highest BCUT2D eigenvalue weighted by Crippen LogP contribution is 2.24. The van der Waals surface area contributed by atoms with Crippen LogP contribution in [0.4, 0.5) is 0 Å². The first kappa shape index (κ1) is 10.1. The second kappa shape index (κ2) is 3.32. The minimum atomic E-state index is -1.01. The Labute approximate surface area is 87.7 Å². The van der Waals surface area contributed by atoms with Crippen molar-refractivity contribution in [2.24, 2.45) is 5.73 Å². The summed E-state index contributed by atoms with van der Waals surface area (Å²) in [7, 11) is 0. The number of aryl methyl sites for hydroxylation is 1. The van der Waals surface area contributed by atoms with Gasteiger partial charge in [0.15, 0.2) is 11.5 Å². The summed E-state index contributed by atoms with van der Waals surface area (Å²) in [6.45, 7) is 3.65. The molecule has 1 atom stereocenters. The molecule has 1 aromatic heterocycles. The van der Waals surface area contributed by atoms with E-state index in [0.717, 1.165) is 16.7 Å². The SMILES string of the molecule is Cc1nc2cc(C(C)(O)CN)ccc2o1. The molecule has 0 bridgehead atoms. The average Bonchev–Trinajstić information content (AvgIpc) is 2.56. The van der Waals surface area contributed by atoms with Crippen LogP contribution in [0.25, 0.3) is 11.1 Å². The van der Waals surface area contributed by atoms with Gasteiger partial charge in [-0.3, -0.25) is 0 Å². The minimum Gasteiger partial charge on any atom is -0.441 e. The Kier molecular flexibility index (Phi) is 2.25. The summed E-state index contributed by atoms with van der Waals surface area (Å²) in [5, 5.41) is 9.98. The maximum Gasteiger partial charge on any atom is 0.192 e. The van der Waals surface area contributed by atoms with Gasteiger partial charge < -0.3 is 15.3 Å². The quantitative estimate of drug-likeness (QED) is 0.776. The highest BCUT2D eigenvalue weighted by atomic mass is 16.3. The van der Waals surface area contributed by atoms with Gasteiger partial charge in [-0.05, 0) is 24.6 Å². The molecule has 1 unspecified atom stereocenters. The summed E-state index contributed by atoms with van der Waals surface area (Å²) < 4.78 is 5.35. The molecule has 2 aromatic rings. The molecule has 15 heavy (non-hydrogen) atoms. The van der Waals surface area contributed by atoms with E-state index in [-0.39, 0.29) is 6.54 Å². The fraction of sp³-hybridized carbons (Fsp3) is 0.364. The number of oxazole rings is 1. The van der Waals surface area contributed by atoms with Gasteiger partial charge in [-0.1, -0.05) is 6.07 Å². The molecule has 0 aliphatic rings. The van der Waals surface area contributed by atoms with Crippen LogP contribution in [0.3, 0.4) is 0 Å². The lowest BCUT2D eigenvalue weighted by Crippen LogP contribution is -2.31. The number of nitrogens with two attached hydrogens (primary N) is 1. The molecule has 0 fully saturated rings. The highest BCUT2D eigenvalue weighted by molar-refractivity contribution is 5.73. The Morgan fingerprint density at radius 3 is 2.93 bits per heavy atom. The van der Waals surface area contributed by atoms with E-state index in [1.165, 1.54) is 0 Å². The number of aliphatic hydroxyl groups is 1. The standard InChI is InChI=1S/C11H14N2O2/c1-7-13-9-5-8(11(2,14)6-12)3-4-10(9)15-7/h3-5,14H,6,12H2,1-2H3. The van der Waals surface area contributed by atoms with E-state index in [0.29, 0.717) is 5.89 Å². The minimum absolute atomic E-state index is 0.176. The van der Waals surface area contributed by atoms with Gasteiger partial charge in [0.2, 0.25) is 0 Å². The third-order valence-corrected chi connectivity index (χ3v) is 2.51. The average molecular weight is 206 g/mol. The molecule has 0 aliphatic carbocycles. The van der Waals surface area contributed by atoms with E-state index < -0.39 is 5.60 Å². The van der Waals surface area contributed by atoms with Gasteiger partial charge in [0.1, 0.15) is 5.52 Å². The summed E-state index contributed by atoms with van der Waals surface area (Å²) in [6, 6.07) is 5.41. The molecule has 0 aliphatic heterocycles. The summed E-state index contributed by atoms with van der Waals surface area (Å²) in [5.74, 6) is 0.620. The van der Waals surface area contributed by atoms with E-state index in [1.807, 2.05) is 0 Å². The number of rotatable bonds is 2. The first-order chi connectivity index (χ1) is 7.03. The summed E-state index contributed by atoms with van der Waals surface area (Å²) in [6.07, 6.45) is 0. The zero-order valence-electron chi connectivity index (χ0n) is 8.82. The lowest BCUT2D eigenvalue weighted by Gasteiger charge is -2.21. The number of nitrogens with zero attached hydrogens (tertiary/aromatic N) is 1. The zero-order valence-corrected chi connectivity index (χ0v) is 8.82. The molecule has 0 saturated heterocycles. The fourth-order valence-electron chi connectivity index (χ4n) is 1.50. The van der Waals surface area contributed by atoms with Crippen LogP contribution in [0.5, 0.6) is 0 Å². The number of fused-ring (bicyclic) bond motifs is 1. The number of aromatic nitrogens is 1. The van der Waals surface area contributed by atoms with E-state index in [2.05, 4.69) is 4.98 Å². The van der Waals surface area contributed by atoms with Gasteiger partial charge in [0.05, 0.1) is 5.60 Å². The maximum atomic E-state index is 9.98. The Balaban J connectivity index is 2.55. The van der Waals surface area contributed by atoms with E-state index in [1.54, 1.807) is 32.0 Å². The first-order valence-corrected chi connectivity index (χ1v) is 4.83. The lowest BCUT2D eigenvalue weighted by atomic mass is 9.96. The molecular weight excluding hydrogens is 192 g/mol. The Morgan fingerprint density at radius 2 is 2.27 bits per heavy atom. The van der Waals surface area contributed by atoms with Gasteiger partial charge in [0, 0.05) is 13.5 Å². The van der Waals surface area contributed by atoms with Crippen molar-refractivity contribution in [1.82, 2.24) is 4.98 Å². The maximum absolute atomic E-state index is 9.98. The molecule has 0 radical (unpaired) electrons. The zero-order chi connectivity index (χ0) is 11.1. The topological polar surface area (TPSA) is 72.3 Å². The van der Waals surface area contributed by atoms with Gasteiger partial charge in [-0.15, -0.1) is 0 Å². The first-order valence-electron chi connectivity index (χ1n) is 4.83. The molecule has 4 heteroatoms. The molecular formula is C11H14N2O2. The van der Waals surface area contributed by atoms with Crippen molar-refractivity contribution < 1.29 is 9.52 Å². The molecule has 0 spiro atoms. The van der Waals surface area contributed by atoms with Crippen LogP contribution >= 0.6 is 0 Å². The van der Waals surface area contributed by atoms with Crippen LogP contribution in [0.2, 0.25) is 0 Å². The second-order valence-corrected chi connectivity index (χ2v) is 3.89. The molecule has 2 rings (SSSR count). The van der Waals surface area contributed by atoms with Crippen molar-refractivity contribution in [3.05, 3.63) is 29.7 Å². The van der Waals surface area contributed by atoms with Crippen LogP contribution in [0.15, 0.2) is 22.6 Å². The Hall–Kier alpha value is -1.39. The van der Waals surface area contributed by atoms with Crippen molar-refractivity contribution in [3.63, 3.8) is 0 Å². The second-order valence-electron chi connectivity index (χ2n) is 3.89. The molecule has 1 aromatic carbocycles. The van der Waals surface area contributed by atoms with Crippen LogP contribution in [-0.4, -0.2) is 16.6 Å². The molecule has 4 nitrogen and oxygen atoms in total. The van der Waals surface area contributed by atoms with Crippen molar-refractivity contribution in [3.8, 4) is 0 Å². The Bertz CT molecular complexity index is 488. The van der Waals surface area contributed by atoms with Crippen molar-refractivity contribution in [2.45, 2.75) is 19.4 Å². The molecule has 0 amide bonds. The predicted molar refractivity (Wildman–Crippen MR) is 57.4 cm³/mol. The normalized spacial score (nSPS) is 15.5. The van der Waals surface area contributed by atoms with Crippen molar-refractivity contribution in [1.29, 1.82) is 0 Å². The van der Waals surface area contributed by atoms with Crippen LogP contribution < -0.4 is 5.73 Å². The monoisotopic (exact) mass is 206 g/mol. The van der Waals surface area contributed by atoms with Crippen molar-refractivity contribution in [2.75, 3.05) is 6.54 Å². The summed E-state index contributed by atoms with van der Waals surface area (Å²) >= 11 is 0. The van der Waals surface area contributed by atoms with Gasteiger partial charge in [-0.25, -0.2) is 4.98 Å². The van der Waals surface area contributed by atoms with E-state index in [4.69, 9.17) is 10.2 Å². The van der Waals surface area contributed by atoms with Gasteiger partial charge in [0.25, 0.3) is 0 Å². The van der Waals surface area contributed by atoms with Crippen LogP contribution in [0, 0.1) is 6.92 Å². The number of hydrogen-bond donors (Lipinski definition) is 2. The fourth-order valence-corrected chi connectivity index (χ4v) is 1.50. The third-order valence-electron chi connectivity index (χ3n) is 2.51. The molecule has 3 N–H and O–H groups in total. The summed E-state index contributed by atoms with van der Waals surface area (Å²) in [5.41, 5.74) is 6.71. The molecule has 0 saturated carbocycles. The number of benzene rings is 1. The smallest absolute Gasteiger partial charge is 0.192 e. The third kappa shape index (κ3) is 1.73. The highest BCUT2D eigenvalue weighted by Gasteiger charge is 2.21.